The van der Waals surface area contributed by atoms with E-state index in [0.29, 0.717) is 29.4 Å². The highest BCUT2D eigenvalue weighted by Gasteiger charge is 2.40. The fraction of sp³-hybridized carbons (Fsp3) is 0.237. The van der Waals surface area contributed by atoms with Crippen LogP contribution in [0, 0.1) is 3.57 Å². The number of hydrogen-bond donors (Lipinski definition) is 1. The van der Waals surface area contributed by atoms with Crippen molar-refractivity contribution in [2.24, 2.45) is 0 Å². The van der Waals surface area contributed by atoms with Crippen molar-refractivity contribution in [1.29, 1.82) is 0 Å². The molecule has 1 N–H and O–H groups in total. The largest absolute Gasteiger partial charge is 0.492 e. The molecule has 4 aromatic rings. The van der Waals surface area contributed by atoms with Crippen LogP contribution in [0.1, 0.15) is 59.4 Å². The van der Waals surface area contributed by atoms with Crippen LogP contribution in [0.25, 0.3) is 6.08 Å². The maximum Gasteiger partial charge on any atom is 0.335 e. The van der Waals surface area contributed by atoms with E-state index in [0.717, 1.165) is 45.5 Å². The van der Waals surface area contributed by atoms with Crippen molar-refractivity contribution in [2.45, 2.75) is 31.6 Å². The van der Waals surface area contributed by atoms with Crippen molar-refractivity contribution < 1.29 is 23.9 Å². The first-order valence-electron chi connectivity index (χ1n) is 15.8. The van der Waals surface area contributed by atoms with Crippen molar-refractivity contribution in [2.75, 3.05) is 36.6 Å². The summed E-state index contributed by atoms with van der Waals surface area (Å²) in [7, 11) is 1.57. The van der Waals surface area contributed by atoms with Gasteiger partial charge in [-0.3, -0.25) is 14.9 Å². The Morgan fingerprint density at radius 1 is 0.872 bits per heavy atom. The Morgan fingerprint density at radius 3 is 2.02 bits per heavy atom. The number of benzene rings is 4. The Balaban J connectivity index is 1.37. The van der Waals surface area contributed by atoms with E-state index in [4.69, 9.17) is 9.47 Å². The Bertz CT molecular complexity index is 1840. The van der Waals surface area contributed by atoms with Crippen molar-refractivity contribution in [1.82, 2.24) is 5.32 Å². The van der Waals surface area contributed by atoms with E-state index in [2.05, 4.69) is 57.1 Å². The van der Waals surface area contributed by atoms with Gasteiger partial charge in [0.15, 0.2) is 11.5 Å². The molecule has 0 aliphatic carbocycles. The number of anilines is 2. The number of rotatable bonds is 7. The molecule has 8 nitrogen and oxygen atoms in total. The van der Waals surface area contributed by atoms with E-state index in [1.165, 1.54) is 22.9 Å². The van der Waals surface area contributed by atoms with E-state index < -0.39 is 17.8 Å². The molecule has 238 valence electrons. The number of carbonyl (C=O) groups is 3. The molecule has 0 bridgehead atoms. The van der Waals surface area contributed by atoms with Crippen molar-refractivity contribution in [3.05, 3.63) is 122 Å². The second-order valence-corrected chi connectivity index (χ2v) is 13.1. The monoisotopic (exact) mass is 739 g/mol. The SMILES string of the molecule is CCOc1cc(/C=C2\C(=O)NC(=O)N(c3cc4c5c(c3)[C@@H](c3ccccc3)CCN5CC[C@@H]4c3ccccc3)C2=O)cc(I)c1OC. The number of carbonyl (C=O) groups excluding carboxylic acids is 3. The third-order valence-electron chi connectivity index (χ3n) is 9.21. The summed E-state index contributed by atoms with van der Waals surface area (Å²) < 4.78 is 12.0. The minimum atomic E-state index is -0.764. The van der Waals surface area contributed by atoms with Gasteiger partial charge in [-0.15, -0.1) is 0 Å². The van der Waals surface area contributed by atoms with E-state index in [9.17, 15) is 14.4 Å². The second kappa shape index (κ2) is 12.9. The maximum atomic E-state index is 14.2. The molecule has 0 radical (unpaired) electrons. The number of hydrogen-bond acceptors (Lipinski definition) is 6. The molecule has 0 saturated carbocycles. The van der Waals surface area contributed by atoms with Crippen LogP contribution in [0.15, 0.2) is 90.5 Å². The number of ether oxygens (including phenoxy) is 2. The molecule has 1 fully saturated rings. The molecular weight excluding hydrogens is 705 g/mol. The second-order valence-electron chi connectivity index (χ2n) is 11.9. The average Bonchev–Trinajstić information content (AvgIpc) is 3.08. The number of nitrogens with one attached hydrogen (secondary N) is 1. The van der Waals surface area contributed by atoms with E-state index in [1.54, 1.807) is 13.2 Å². The van der Waals surface area contributed by atoms with Gasteiger partial charge in [0.2, 0.25) is 0 Å². The van der Waals surface area contributed by atoms with Gasteiger partial charge in [0, 0.05) is 30.6 Å². The molecule has 0 unspecified atom stereocenters. The highest BCUT2D eigenvalue weighted by atomic mass is 127. The normalized spacial score (nSPS) is 19.8. The highest BCUT2D eigenvalue weighted by Crippen LogP contribution is 2.50. The first-order chi connectivity index (χ1) is 22.9. The minimum Gasteiger partial charge on any atom is -0.492 e. The molecule has 2 atom stereocenters. The molecule has 9 heteroatoms. The molecule has 4 amide bonds. The fourth-order valence-corrected chi connectivity index (χ4v) is 8.01. The third-order valence-corrected chi connectivity index (χ3v) is 10.0. The van der Waals surface area contributed by atoms with Crippen LogP contribution in [0.3, 0.4) is 0 Å². The topological polar surface area (TPSA) is 88.2 Å². The fourth-order valence-electron chi connectivity index (χ4n) is 7.16. The van der Waals surface area contributed by atoms with E-state index >= 15 is 0 Å². The van der Waals surface area contributed by atoms with Gasteiger partial charge in [-0.05, 0) is 101 Å². The van der Waals surface area contributed by atoms with Crippen LogP contribution in [0.5, 0.6) is 11.5 Å². The van der Waals surface area contributed by atoms with Gasteiger partial charge in [-0.25, -0.2) is 9.69 Å². The molecule has 7 rings (SSSR count). The highest BCUT2D eigenvalue weighted by molar-refractivity contribution is 14.1. The number of amides is 4. The predicted molar refractivity (Wildman–Crippen MR) is 190 cm³/mol. The Hall–Kier alpha value is -4.64. The molecule has 1 saturated heterocycles. The van der Waals surface area contributed by atoms with Crippen LogP contribution in [-0.2, 0) is 9.59 Å². The molecule has 47 heavy (non-hydrogen) atoms. The molecule has 0 aromatic heterocycles. The Kier molecular flexibility index (Phi) is 8.48. The number of imide groups is 2. The summed E-state index contributed by atoms with van der Waals surface area (Å²) in [6.07, 6.45) is 3.33. The van der Waals surface area contributed by atoms with Crippen LogP contribution in [0.4, 0.5) is 16.2 Å². The lowest BCUT2D eigenvalue weighted by atomic mass is 9.76. The predicted octanol–water partition coefficient (Wildman–Crippen LogP) is 7.24. The van der Waals surface area contributed by atoms with Crippen molar-refractivity contribution in [3.8, 4) is 11.5 Å². The molecular formula is C38H34IN3O5. The van der Waals surface area contributed by atoms with Gasteiger partial charge in [0.05, 0.1) is 23.0 Å². The maximum absolute atomic E-state index is 14.2. The van der Waals surface area contributed by atoms with Gasteiger partial charge >= 0.3 is 6.03 Å². The molecule has 3 heterocycles. The van der Waals surface area contributed by atoms with Crippen LogP contribution >= 0.6 is 22.6 Å². The minimum absolute atomic E-state index is 0.0913. The standard InChI is InChI=1S/C38H34IN3O5/c1-3-47-33-20-23(19-32(39)35(33)46-2)18-31-36(43)40-38(45)42(37(31)44)26-21-29-27(24-10-6-4-7-11-24)14-16-41-17-15-28(30(22-26)34(29)41)25-12-8-5-9-13-25/h4-13,18-22,27-28H,3,14-17H2,1-2H3,(H,40,43,45)/b31-18+/t27-,28-/m1/s1. The van der Waals surface area contributed by atoms with E-state index in [-0.39, 0.29) is 17.4 Å². The van der Waals surface area contributed by atoms with Crippen molar-refractivity contribution >= 4 is 57.9 Å². The zero-order chi connectivity index (χ0) is 32.7. The summed E-state index contributed by atoms with van der Waals surface area (Å²) in [4.78, 5) is 44.5. The zero-order valence-electron chi connectivity index (χ0n) is 26.2. The summed E-state index contributed by atoms with van der Waals surface area (Å²) in [6, 6.07) is 27.5. The Labute approximate surface area is 287 Å². The van der Waals surface area contributed by atoms with Crippen molar-refractivity contribution in [3.63, 3.8) is 0 Å². The summed E-state index contributed by atoms with van der Waals surface area (Å²) >= 11 is 2.13. The van der Waals surface area contributed by atoms with Gasteiger partial charge in [-0.2, -0.15) is 0 Å². The van der Waals surface area contributed by atoms with Gasteiger partial charge in [-0.1, -0.05) is 60.7 Å². The summed E-state index contributed by atoms with van der Waals surface area (Å²) in [5.41, 5.74) is 6.63. The van der Waals surface area contributed by atoms with E-state index in [1.807, 2.05) is 61.5 Å². The molecule has 3 aliphatic heterocycles. The van der Waals surface area contributed by atoms with Crippen LogP contribution in [-0.4, -0.2) is 44.7 Å². The lowest BCUT2D eigenvalue weighted by Gasteiger charge is -2.44. The quantitative estimate of drug-likeness (QED) is 0.122. The third kappa shape index (κ3) is 5.66. The number of urea groups is 1. The first-order valence-corrected chi connectivity index (χ1v) is 16.9. The van der Waals surface area contributed by atoms with Crippen LogP contribution in [0.2, 0.25) is 0 Å². The number of methoxy groups -OCH3 is 1. The van der Waals surface area contributed by atoms with Gasteiger partial charge in [0.1, 0.15) is 5.57 Å². The van der Waals surface area contributed by atoms with Gasteiger partial charge < -0.3 is 14.4 Å². The summed E-state index contributed by atoms with van der Waals surface area (Å²) in [5.74, 6) is -0.158. The smallest absolute Gasteiger partial charge is 0.335 e. The lowest BCUT2D eigenvalue weighted by molar-refractivity contribution is -0.122. The van der Waals surface area contributed by atoms with Crippen LogP contribution < -0.4 is 24.6 Å². The first kappa shape index (κ1) is 31.0. The number of halogens is 1. The summed E-state index contributed by atoms with van der Waals surface area (Å²) in [5, 5.41) is 2.42. The average molecular weight is 740 g/mol. The van der Waals surface area contributed by atoms with Gasteiger partial charge in [0.25, 0.3) is 11.8 Å². The lowest BCUT2D eigenvalue weighted by Crippen LogP contribution is -2.54. The zero-order valence-corrected chi connectivity index (χ0v) is 28.3. The number of barbiturate groups is 1. The summed E-state index contributed by atoms with van der Waals surface area (Å²) in [6.45, 7) is 4.14. The molecule has 0 spiro atoms. The molecule has 4 aromatic carbocycles. The number of nitrogens with zero attached hydrogens (tertiary/aromatic N) is 2. The Morgan fingerprint density at radius 2 is 1.47 bits per heavy atom. The molecule has 3 aliphatic rings.